The Kier molecular flexibility index (Phi) is 5.67. The van der Waals surface area contributed by atoms with Crippen LogP contribution >= 0.6 is 15.9 Å². The third kappa shape index (κ3) is 4.36. The van der Waals surface area contributed by atoms with Crippen LogP contribution in [0.4, 0.5) is 10.1 Å². The van der Waals surface area contributed by atoms with Gasteiger partial charge in [0.1, 0.15) is 17.6 Å². The molecule has 1 saturated heterocycles. The summed E-state index contributed by atoms with van der Waals surface area (Å²) in [7, 11) is 0. The molecule has 2 aromatic rings. The topological polar surface area (TPSA) is 62.4 Å². The molecular weight excluding hydrogens is 389 g/mol. The Morgan fingerprint density at radius 1 is 1.28 bits per heavy atom. The normalized spacial score (nSPS) is 19.6. The van der Waals surface area contributed by atoms with Crippen molar-refractivity contribution in [2.45, 2.75) is 25.4 Å². The van der Waals surface area contributed by atoms with E-state index in [4.69, 9.17) is 4.74 Å². The molecule has 2 atom stereocenters. The third-order valence-corrected chi connectivity index (χ3v) is 4.50. The fraction of sp³-hybridized carbons (Fsp3) is 0.278. The van der Waals surface area contributed by atoms with Crippen molar-refractivity contribution < 1.29 is 13.9 Å². The van der Waals surface area contributed by atoms with Gasteiger partial charge in [-0.15, -0.1) is 0 Å². The third-order valence-electron chi connectivity index (χ3n) is 4.00. The lowest BCUT2D eigenvalue weighted by molar-refractivity contribution is -0.117. The second-order valence-electron chi connectivity index (χ2n) is 5.75. The number of carbonyl (C=O) groups excluding carboxylic acids is 1. The zero-order chi connectivity index (χ0) is 17.8. The maximum absolute atomic E-state index is 13.8. The van der Waals surface area contributed by atoms with Crippen molar-refractivity contribution in [2.75, 3.05) is 11.9 Å². The predicted molar refractivity (Wildman–Crippen MR) is 97.8 cm³/mol. The van der Waals surface area contributed by atoms with Gasteiger partial charge in [0.05, 0.1) is 12.3 Å². The fourth-order valence-electron chi connectivity index (χ4n) is 2.72. The van der Waals surface area contributed by atoms with E-state index in [9.17, 15) is 9.18 Å². The summed E-state index contributed by atoms with van der Waals surface area (Å²) in [5, 5.41) is 2.62. The van der Waals surface area contributed by atoms with E-state index in [1.807, 2.05) is 31.2 Å². The highest BCUT2D eigenvalue weighted by Crippen LogP contribution is 2.25. The molecule has 2 aromatic carbocycles. The minimum atomic E-state index is -0.475. The fourth-order valence-corrected chi connectivity index (χ4v) is 3.05. The molecule has 5 nitrogen and oxygen atoms in total. The summed E-state index contributed by atoms with van der Waals surface area (Å²) < 4.78 is 19.9. The number of hydrogen-bond acceptors (Lipinski definition) is 4. The SMILES string of the molecule is CCOc1ccc(C2CC(C(=O)Nc3ccc(Br)cc3F)NN2)cc1. The van der Waals surface area contributed by atoms with Crippen molar-refractivity contribution in [2.24, 2.45) is 0 Å². The summed E-state index contributed by atoms with van der Waals surface area (Å²) in [4.78, 5) is 12.4. The van der Waals surface area contributed by atoms with Crippen LogP contribution in [0.2, 0.25) is 0 Å². The largest absolute Gasteiger partial charge is 0.494 e. The number of benzene rings is 2. The number of rotatable bonds is 5. The number of hydrogen-bond donors (Lipinski definition) is 3. The van der Waals surface area contributed by atoms with Crippen molar-refractivity contribution in [3.63, 3.8) is 0 Å². The molecule has 1 fully saturated rings. The summed E-state index contributed by atoms with van der Waals surface area (Å²) in [5.41, 5.74) is 7.31. The zero-order valence-corrected chi connectivity index (χ0v) is 15.3. The number of nitrogens with one attached hydrogen (secondary N) is 3. The van der Waals surface area contributed by atoms with Gasteiger partial charge in [-0.2, -0.15) is 0 Å². The number of carbonyl (C=O) groups is 1. The molecule has 25 heavy (non-hydrogen) atoms. The minimum Gasteiger partial charge on any atom is -0.494 e. The summed E-state index contributed by atoms with van der Waals surface area (Å²) in [6.45, 7) is 2.56. The van der Waals surface area contributed by atoms with Gasteiger partial charge in [-0.3, -0.25) is 4.79 Å². The zero-order valence-electron chi connectivity index (χ0n) is 13.7. The molecule has 0 aliphatic carbocycles. The molecule has 1 heterocycles. The Morgan fingerprint density at radius 2 is 2.04 bits per heavy atom. The Hall–Kier alpha value is -1.96. The van der Waals surface area contributed by atoms with Gasteiger partial charge >= 0.3 is 0 Å². The maximum atomic E-state index is 13.8. The molecule has 2 unspecified atom stereocenters. The van der Waals surface area contributed by atoms with Gasteiger partial charge in [-0.1, -0.05) is 28.1 Å². The lowest BCUT2D eigenvalue weighted by atomic mass is 10.0. The van der Waals surface area contributed by atoms with E-state index < -0.39 is 11.9 Å². The monoisotopic (exact) mass is 407 g/mol. The van der Waals surface area contributed by atoms with Crippen molar-refractivity contribution in [3.05, 3.63) is 58.3 Å². The van der Waals surface area contributed by atoms with Crippen LogP contribution in [0.1, 0.15) is 24.9 Å². The lowest BCUT2D eigenvalue weighted by Gasteiger charge is -2.12. The first-order chi connectivity index (χ1) is 12.1. The van der Waals surface area contributed by atoms with E-state index in [0.29, 0.717) is 17.5 Å². The first-order valence-electron chi connectivity index (χ1n) is 8.06. The van der Waals surface area contributed by atoms with Gasteiger partial charge in [0.25, 0.3) is 0 Å². The van der Waals surface area contributed by atoms with Crippen molar-refractivity contribution >= 4 is 27.5 Å². The number of ether oxygens (including phenoxy) is 1. The van der Waals surface area contributed by atoms with E-state index >= 15 is 0 Å². The second kappa shape index (κ2) is 7.95. The molecule has 1 amide bonds. The summed E-state index contributed by atoms with van der Waals surface area (Å²) >= 11 is 3.19. The van der Waals surface area contributed by atoms with E-state index in [0.717, 1.165) is 11.3 Å². The summed E-state index contributed by atoms with van der Waals surface area (Å²) in [6.07, 6.45) is 0.567. The van der Waals surface area contributed by atoms with Gasteiger partial charge in [-0.05, 0) is 49.2 Å². The molecule has 0 bridgehead atoms. The van der Waals surface area contributed by atoms with Crippen molar-refractivity contribution in [3.8, 4) is 5.75 Å². The van der Waals surface area contributed by atoms with Crippen LogP contribution in [-0.2, 0) is 4.79 Å². The second-order valence-corrected chi connectivity index (χ2v) is 6.66. The predicted octanol–water partition coefficient (Wildman–Crippen LogP) is 3.53. The molecule has 0 radical (unpaired) electrons. The quantitative estimate of drug-likeness (QED) is 0.709. The van der Waals surface area contributed by atoms with Crippen LogP contribution < -0.4 is 20.9 Å². The first kappa shape index (κ1) is 17.8. The Morgan fingerprint density at radius 3 is 2.72 bits per heavy atom. The molecule has 0 saturated carbocycles. The van der Waals surface area contributed by atoms with Crippen LogP contribution in [0, 0.1) is 5.82 Å². The Balaban J connectivity index is 1.60. The highest BCUT2D eigenvalue weighted by atomic mass is 79.9. The Bertz CT molecular complexity index is 754. The van der Waals surface area contributed by atoms with Crippen LogP contribution in [-0.4, -0.2) is 18.6 Å². The maximum Gasteiger partial charge on any atom is 0.243 e. The van der Waals surface area contributed by atoms with Crippen LogP contribution in [0.5, 0.6) is 5.75 Å². The van der Waals surface area contributed by atoms with E-state index in [1.165, 1.54) is 12.1 Å². The van der Waals surface area contributed by atoms with Gasteiger partial charge in [-0.25, -0.2) is 15.2 Å². The number of hydrazine groups is 1. The van der Waals surface area contributed by atoms with Gasteiger partial charge in [0.2, 0.25) is 5.91 Å². The molecule has 1 aliphatic rings. The number of amides is 1. The Labute approximate surface area is 154 Å². The molecule has 1 aliphatic heterocycles. The van der Waals surface area contributed by atoms with Gasteiger partial charge < -0.3 is 10.1 Å². The summed E-state index contributed by atoms with van der Waals surface area (Å²) in [5.74, 6) is 0.0658. The molecule has 132 valence electrons. The van der Waals surface area contributed by atoms with Crippen LogP contribution in [0.15, 0.2) is 46.9 Å². The smallest absolute Gasteiger partial charge is 0.243 e. The summed E-state index contributed by atoms with van der Waals surface area (Å²) in [6, 6.07) is 11.8. The number of anilines is 1. The van der Waals surface area contributed by atoms with Gasteiger partial charge in [0, 0.05) is 10.5 Å². The van der Waals surface area contributed by atoms with Crippen molar-refractivity contribution in [1.82, 2.24) is 10.9 Å². The first-order valence-corrected chi connectivity index (χ1v) is 8.86. The minimum absolute atomic E-state index is 0.00110. The molecule has 0 spiro atoms. The van der Waals surface area contributed by atoms with Crippen LogP contribution in [0.25, 0.3) is 0 Å². The van der Waals surface area contributed by atoms with E-state index in [1.54, 1.807) is 6.07 Å². The highest BCUT2D eigenvalue weighted by Gasteiger charge is 2.30. The molecule has 3 rings (SSSR count). The molecular formula is C18H19BrFN3O2. The van der Waals surface area contributed by atoms with E-state index in [-0.39, 0.29) is 17.6 Å². The van der Waals surface area contributed by atoms with Crippen molar-refractivity contribution in [1.29, 1.82) is 0 Å². The molecule has 7 heteroatoms. The highest BCUT2D eigenvalue weighted by molar-refractivity contribution is 9.10. The lowest BCUT2D eigenvalue weighted by Crippen LogP contribution is -2.39. The average Bonchev–Trinajstić information content (AvgIpc) is 3.08. The van der Waals surface area contributed by atoms with E-state index in [2.05, 4.69) is 32.1 Å². The number of halogens is 2. The molecule has 3 N–H and O–H groups in total. The van der Waals surface area contributed by atoms with Gasteiger partial charge in [0.15, 0.2) is 0 Å². The standard InChI is InChI=1S/C18H19BrFN3O2/c1-2-25-13-6-3-11(4-7-13)16-10-17(23-22-16)18(24)21-15-8-5-12(19)9-14(15)20/h3-9,16-17,22-23H,2,10H2,1H3,(H,21,24). The molecule has 0 aromatic heterocycles. The van der Waals surface area contributed by atoms with Crippen LogP contribution in [0.3, 0.4) is 0 Å². The average molecular weight is 408 g/mol.